The van der Waals surface area contributed by atoms with Crippen LogP contribution in [-0.4, -0.2) is 17.5 Å². The Labute approximate surface area is 189 Å². The molecule has 1 aliphatic heterocycles. The van der Waals surface area contributed by atoms with E-state index < -0.39 is 0 Å². The van der Waals surface area contributed by atoms with Crippen molar-refractivity contribution in [2.24, 2.45) is 5.41 Å². The number of hydrogen-bond donors (Lipinski definition) is 0. The molecule has 2 heterocycles. The maximum Gasteiger partial charge on any atom is 0.327 e. The minimum absolute atomic E-state index is 0.0976. The SMILES string of the molecule is CC/C=C\C(=C/CCc1ccc(Cc2ccc(C)nc2)cc1)B1CC(C)(C)C(C)(C)O1. The molecule has 0 spiro atoms. The summed E-state index contributed by atoms with van der Waals surface area (Å²) in [5, 5.41) is 0. The van der Waals surface area contributed by atoms with Crippen molar-refractivity contribution in [3.05, 3.63) is 88.7 Å². The minimum Gasteiger partial charge on any atom is -0.426 e. The molecule has 0 unspecified atom stereocenters. The maximum absolute atomic E-state index is 6.48. The van der Waals surface area contributed by atoms with Crippen LogP contribution < -0.4 is 0 Å². The van der Waals surface area contributed by atoms with E-state index in [0.29, 0.717) is 0 Å². The highest BCUT2D eigenvalue weighted by Crippen LogP contribution is 2.46. The molecule has 3 rings (SSSR count). The van der Waals surface area contributed by atoms with Gasteiger partial charge in [0.2, 0.25) is 0 Å². The molecule has 1 aliphatic rings. The molecule has 31 heavy (non-hydrogen) atoms. The number of nitrogens with zero attached hydrogens (tertiary/aromatic N) is 1. The molecule has 1 aromatic carbocycles. The summed E-state index contributed by atoms with van der Waals surface area (Å²) in [6.45, 7) is 13.5. The van der Waals surface area contributed by atoms with Gasteiger partial charge in [-0.15, -0.1) is 0 Å². The zero-order chi connectivity index (χ0) is 22.5. The monoisotopic (exact) mass is 415 g/mol. The predicted octanol–water partition coefficient (Wildman–Crippen LogP) is 7.17. The summed E-state index contributed by atoms with van der Waals surface area (Å²) < 4.78 is 6.48. The molecular weight excluding hydrogens is 377 g/mol. The molecule has 1 aromatic heterocycles. The number of allylic oxidation sites excluding steroid dienone is 4. The van der Waals surface area contributed by atoms with E-state index in [0.717, 1.165) is 37.7 Å². The second-order valence-corrected chi connectivity index (χ2v) is 10.1. The van der Waals surface area contributed by atoms with Crippen LogP contribution in [0.2, 0.25) is 6.32 Å². The van der Waals surface area contributed by atoms with Crippen molar-refractivity contribution in [2.75, 3.05) is 0 Å². The van der Waals surface area contributed by atoms with Crippen LogP contribution in [0, 0.1) is 12.3 Å². The fraction of sp³-hybridized carbons (Fsp3) is 0.464. The molecule has 1 saturated heterocycles. The van der Waals surface area contributed by atoms with Gasteiger partial charge in [0, 0.05) is 11.9 Å². The Morgan fingerprint density at radius 2 is 1.71 bits per heavy atom. The highest BCUT2D eigenvalue weighted by atomic mass is 16.5. The van der Waals surface area contributed by atoms with E-state index in [1.165, 1.54) is 22.2 Å². The lowest BCUT2D eigenvalue weighted by atomic mass is 9.53. The van der Waals surface area contributed by atoms with Gasteiger partial charge in [-0.2, -0.15) is 0 Å². The highest BCUT2D eigenvalue weighted by molar-refractivity contribution is 6.62. The zero-order valence-electron chi connectivity index (χ0n) is 20.2. The molecular formula is C28H38BNO. The van der Waals surface area contributed by atoms with Crippen LogP contribution in [-0.2, 0) is 17.5 Å². The van der Waals surface area contributed by atoms with E-state index in [9.17, 15) is 0 Å². The van der Waals surface area contributed by atoms with E-state index in [2.05, 4.69) is 94.2 Å². The molecule has 3 heteroatoms. The average Bonchev–Trinajstić information content (AvgIpc) is 2.94. The lowest BCUT2D eigenvalue weighted by Crippen LogP contribution is -2.34. The van der Waals surface area contributed by atoms with Crippen LogP contribution in [0.25, 0.3) is 0 Å². The number of aryl methyl sites for hydroxylation is 2. The highest BCUT2D eigenvalue weighted by Gasteiger charge is 2.49. The lowest BCUT2D eigenvalue weighted by Gasteiger charge is -2.34. The van der Waals surface area contributed by atoms with Gasteiger partial charge in [0.1, 0.15) is 0 Å². The van der Waals surface area contributed by atoms with E-state index in [4.69, 9.17) is 4.65 Å². The van der Waals surface area contributed by atoms with Crippen LogP contribution >= 0.6 is 0 Å². The molecule has 2 nitrogen and oxygen atoms in total. The molecule has 0 aliphatic carbocycles. The first-order valence-electron chi connectivity index (χ1n) is 11.7. The fourth-order valence-corrected chi connectivity index (χ4v) is 4.08. The van der Waals surface area contributed by atoms with Crippen molar-refractivity contribution < 1.29 is 4.65 Å². The van der Waals surface area contributed by atoms with Crippen molar-refractivity contribution in [1.29, 1.82) is 0 Å². The van der Waals surface area contributed by atoms with Crippen molar-refractivity contribution in [3.8, 4) is 0 Å². The van der Waals surface area contributed by atoms with Gasteiger partial charge in [-0.1, -0.05) is 74.8 Å². The van der Waals surface area contributed by atoms with E-state index >= 15 is 0 Å². The Morgan fingerprint density at radius 1 is 1.03 bits per heavy atom. The lowest BCUT2D eigenvalue weighted by molar-refractivity contribution is 0.0371. The van der Waals surface area contributed by atoms with Gasteiger partial charge >= 0.3 is 6.92 Å². The number of rotatable bonds is 8. The van der Waals surface area contributed by atoms with Gasteiger partial charge in [-0.05, 0) is 80.9 Å². The van der Waals surface area contributed by atoms with E-state index in [1.54, 1.807) is 0 Å². The van der Waals surface area contributed by atoms with Gasteiger partial charge in [-0.25, -0.2) is 0 Å². The van der Waals surface area contributed by atoms with Crippen molar-refractivity contribution in [1.82, 2.24) is 4.98 Å². The van der Waals surface area contributed by atoms with Crippen LogP contribution in [0.4, 0.5) is 0 Å². The summed E-state index contributed by atoms with van der Waals surface area (Å²) in [6, 6.07) is 13.3. The first-order valence-corrected chi connectivity index (χ1v) is 11.7. The predicted molar refractivity (Wildman–Crippen MR) is 134 cm³/mol. The number of pyridine rings is 1. The largest absolute Gasteiger partial charge is 0.426 e. The third-order valence-electron chi connectivity index (χ3n) is 6.90. The summed E-state index contributed by atoms with van der Waals surface area (Å²) in [5.74, 6) is 0. The Morgan fingerprint density at radius 3 is 2.29 bits per heavy atom. The van der Waals surface area contributed by atoms with Crippen LogP contribution in [0.1, 0.15) is 69.8 Å². The Kier molecular flexibility index (Phi) is 7.59. The summed E-state index contributed by atoms with van der Waals surface area (Å²) >= 11 is 0. The van der Waals surface area contributed by atoms with Crippen LogP contribution in [0.5, 0.6) is 0 Å². The molecule has 0 amide bonds. The molecule has 0 atom stereocenters. The number of hydrogen-bond acceptors (Lipinski definition) is 2. The summed E-state index contributed by atoms with van der Waals surface area (Å²) in [4.78, 5) is 4.40. The first kappa shape index (κ1) is 23.5. The number of benzene rings is 1. The molecule has 0 N–H and O–H groups in total. The molecule has 0 saturated carbocycles. The summed E-state index contributed by atoms with van der Waals surface area (Å²) in [7, 11) is 0. The molecule has 2 aromatic rings. The molecule has 1 fully saturated rings. The van der Waals surface area contributed by atoms with E-state index in [-0.39, 0.29) is 17.9 Å². The standard InChI is InChI=1S/C28H38BNO/c1-7-8-11-26(29-21-27(3,4)28(5,6)31-29)12-9-10-23-15-17-24(18-16-23)19-25-14-13-22(2)30-20-25/h8,11-18,20H,7,9-10,19,21H2,1-6H3/b11-8-,26-12+. The Hall–Kier alpha value is -2.13. The molecule has 164 valence electrons. The molecule has 0 radical (unpaired) electrons. The maximum atomic E-state index is 6.48. The smallest absolute Gasteiger partial charge is 0.327 e. The topological polar surface area (TPSA) is 22.1 Å². The second-order valence-electron chi connectivity index (χ2n) is 10.1. The van der Waals surface area contributed by atoms with Gasteiger partial charge in [0.25, 0.3) is 0 Å². The first-order chi connectivity index (χ1) is 14.7. The van der Waals surface area contributed by atoms with E-state index in [1.807, 2.05) is 13.1 Å². The second kappa shape index (κ2) is 10.00. The normalized spacial score (nSPS) is 18.1. The minimum atomic E-state index is -0.0976. The van der Waals surface area contributed by atoms with Gasteiger partial charge in [0.15, 0.2) is 0 Å². The zero-order valence-corrected chi connectivity index (χ0v) is 20.2. The van der Waals surface area contributed by atoms with Crippen LogP contribution in [0.3, 0.4) is 0 Å². The van der Waals surface area contributed by atoms with Gasteiger partial charge in [0.05, 0.1) is 5.60 Å². The third-order valence-corrected chi connectivity index (χ3v) is 6.90. The summed E-state index contributed by atoms with van der Waals surface area (Å²) in [6.07, 6.45) is 14.0. The fourth-order valence-electron chi connectivity index (χ4n) is 4.08. The van der Waals surface area contributed by atoms with Gasteiger partial charge < -0.3 is 4.65 Å². The Balaban J connectivity index is 1.61. The Bertz CT molecular complexity index is 891. The average molecular weight is 415 g/mol. The van der Waals surface area contributed by atoms with Crippen molar-refractivity contribution in [3.63, 3.8) is 0 Å². The van der Waals surface area contributed by atoms with Crippen molar-refractivity contribution >= 4 is 6.92 Å². The van der Waals surface area contributed by atoms with Crippen LogP contribution in [0.15, 0.2) is 66.3 Å². The van der Waals surface area contributed by atoms with Crippen molar-refractivity contribution in [2.45, 2.75) is 79.1 Å². The number of aromatic nitrogens is 1. The summed E-state index contributed by atoms with van der Waals surface area (Å²) in [5.41, 5.74) is 6.46. The third kappa shape index (κ3) is 6.20. The molecule has 0 bridgehead atoms. The van der Waals surface area contributed by atoms with Gasteiger partial charge in [-0.3, -0.25) is 4.98 Å². The quantitative estimate of drug-likeness (QED) is 0.337.